The molecule has 3 aromatic carbocycles. The van der Waals surface area contributed by atoms with Gasteiger partial charge in [0.1, 0.15) is 11.9 Å². The Balaban J connectivity index is 1.47. The van der Waals surface area contributed by atoms with E-state index in [1.165, 1.54) is 18.2 Å². The van der Waals surface area contributed by atoms with Crippen LogP contribution in [0.4, 0.5) is 9.18 Å². The summed E-state index contributed by atoms with van der Waals surface area (Å²) in [6, 6.07) is 18.7. The number of nitrogens with zero attached hydrogens (tertiary/aromatic N) is 1. The van der Waals surface area contributed by atoms with E-state index < -0.39 is 30.0 Å². The van der Waals surface area contributed by atoms with E-state index in [2.05, 4.69) is 16.7 Å². The maximum atomic E-state index is 14.1. The number of esters is 1. The van der Waals surface area contributed by atoms with Crippen LogP contribution < -0.4 is 20.1 Å². The standard InChI is InChI=1S/C29H24FN3O5/c1-17(20-5-2-4-19(12-20)15-31)38-28(34)26-23(10-8-18-9-11-24-25(13-18)37-16-36-24)32-29(35)33-27(26)21-6-3-7-22(30)14-21/h2-7,9,11-14,17,27H,8,10,16H2,1H3,(H2,32,33,35). The number of carbonyl (C=O) groups excluding carboxylic acids is 2. The van der Waals surface area contributed by atoms with Gasteiger partial charge in [0.15, 0.2) is 11.5 Å². The second kappa shape index (κ2) is 10.6. The van der Waals surface area contributed by atoms with Crippen LogP contribution in [0.15, 0.2) is 78.0 Å². The predicted octanol–water partition coefficient (Wildman–Crippen LogP) is 4.97. The maximum absolute atomic E-state index is 14.1. The highest BCUT2D eigenvalue weighted by molar-refractivity contribution is 5.95. The van der Waals surface area contributed by atoms with Gasteiger partial charge in [-0.3, -0.25) is 0 Å². The van der Waals surface area contributed by atoms with E-state index in [4.69, 9.17) is 14.2 Å². The number of halogens is 1. The number of hydrogen-bond donors (Lipinski definition) is 2. The van der Waals surface area contributed by atoms with Crippen LogP contribution in [0, 0.1) is 17.1 Å². The second-order valence-corrected chi connectivity index (χ2v) is 8.95. The second-order valence-electron chi connectivity index (χ2n) is 8.95. The molecule has 0 bridgehead atoms. The summed E-state index contributed by atoms with van der Waals surface area (Å²) in [7, 11) is 0. The van der Waals surface area contributed by atoms with Crippen molar-refractivity contribution in [3.63, 3.8) is 0 Å². The molecule has 2 N–H and O–H groups in total. The summed E-state index contributed by atoms with van der Waals surface area (Å²) >= 11 is 0. The fourth-order valence-electron chi connectivity index (χ4n) is 4.51. The van der Waals surface area contributed by atoms with Crippen molar-refractivity contribution in [2.75, 3.05) is 6.79 Å². The molecule has 2 amide bonds. The van der Waals surface area contributed by atoms with Gasteiger partial charge in [-0.25, -0.2) is 14.0 Å². The molecule has 0 fully saturated rings. The molecule has 3 aromatic rings. The number of ether oxygens (including phenoxy) is 3. The van der Waals surface area contributed by atoms with Gasteiger partial charge >= 0.3 is 12.0 Å². The summed E-state index contributed by atoms with van der Waals surface area (Å²) in [5, 5.41) is 14.7. The fourth-order valence-corrected chi connectivity index (χ4v) is 4.51. The van der Waals surface area contributed by atoms with Crippen LogP contribution in [-0.2, 0) is 16.0 Å². The molecule has 0 saturated heterocycles. The van der Waals surface area contributed by atoms with Crippen molar-refractivity contribution in [2.24, 2.45) is 0 Å². The molecule has 9 heteroatoms. The number of benzene rings is 3. The molecule has 0 spiro atoms. The van der Waals surface area contributed by atoms with Crippen LogP contribution in [0.25, 0.3) is 0 Å². The number of nitriles is 1. The lowest BCUT2D eigenvalue weighted by Gasteiger charge is -2.30. The van der Waals surface area contributed by atoms with Gasteiger partial charge in [-0.05, 0) is 72.9 Å². The Hall–Kier alpha value is -4.84. The molecule has 0 radical (unpaired) electrons. The highest BCUT2D eigenvalue weighted by Gasteiger charge is 2.34. The van der Waals surface area contributed by atoms with Crippen molar-refractivity contribution < 1.29 is 28.2 Å². The number of urea groups is 1. The van der Waals surface area contributed by atoms with Crippen molar-refractivity contribution in [3.8, 4) is 17.6 Å². The molecule has 0 aliphatic carbocycles. The van der Waals surface area contributed by atoms with Crippen LogP contribution in [0.1, 0.15) is 47.7 Å². The zero-order valence-electron chi connectivity index (χ0n) is 20.5. The van der Waals surface area contributed by atoms with Gasteiger partial charge in [0.2, 0.25) is 6.79 Å². The number of carbonyl (C=O) groups is 2. The summed E-state index contributed by atoms with van der Waals surface area (Å²) in [5.41, 5.74) is 2.98. The first-order valence-corrected chi connectivity index (χ1v) is 12.1. The number of nitrogens with one attached hydrogen (secondary N) is 2. The third kappa shape index (κ3) is 5.30. The topological polar surface area (TPSA) is 110 Å². The third-order valence-electron chi connectivity index (χ3n) is 6.43. The first-order chi connectivity index (χ1) is 18.4. The average Bonchev–Trinajstić information content (AvgIpc) is 3.39. The molecule has 2 heterocycles. The van der Waals surface area contributed by atoms with Crippen molar-refractivity contribution >= 4 is 12.0 Å². The normalized spacial score (nSPS) is 16.8. The van der Waals surface area contributed by atoms with E-state index in [1.54, 1.807) is 37.3 Å². The van der Waals surface area contributed by atoms with Crippen LogP contribution in [0.5, 0.6) is 11.5 Å². The summed E-state index contributed by atoms with van der Waals surface area (Å²) < 4.78 is 30.7. The summed E-state index contributed by atoms with van der Waals surface area (Å²) in [5.74, 6) is 0.137. The molecule has 2 aliphatic rings. The summed E-state index contributed by atoms with van der Waals surface area (Å²) in [6.45, 7) is 1.86. The van der Waals surface area contributed by atoms with Gasteiger partial charge in [-0.2, -0.15) is 5.26 Å². The third-order valence-corrected chi connectivity index (χ3v) is 6.43. The van der Waals surface area contributed by atoms with E-state index in [9.17, 15) is 19.2 Å². The molecule has 2 unspecified atom stereocenters. The Morgan fingerprint density at radius 2 is 1.92 bits per heavy atom. The van der Waals surface area contributed by atoms with Crippen molar-refractivity contribution in [3.05, 3.63) is 106 Å². The van der Waals surface area contributed by atoms with E-state index >= 15 is 0 Å². The number of aryl methyl sites for hydroxylation is 1. The van der Waals surface area contributed by atoms with Gasteiger partial charge in [0.25, 0.3) is 0 Å². The summed E-state index contributed by atoms with van der Waals surface area (Å²) in [6.07, 6.45) is 0.115. The molecule has 2 atom stereocenters. The molecular formula is C29H24FN3O5. The quantitative estimate of drug-likeness (QED) is 0.432. The lowest BCUT2D eigenvalue weighted by Crippen LogP contribution is -2.46. The van der Waals surface area contributed by atoms with Crippen LogP contribution in [-0.4, -0.2) is 18.8 Å². The van der Waals surface area contributed by atoms with Gasteiger partial charge in [-0.1, -0.05) is 30.3 Å². The average molecular weight is 514 g/mol. The van der Waals surface area contributed by atoms with E-state index in [0.717, 1.165) is 5.56 Å². The Labute approximate surface area is 218 Å². The number of rotatable bonds is 7. The minimum Gasteiger partial charge on any atom is -0.454 e. The smallest absolute Gasteiger partial charge is 0.338 e. The Morgan fingerprint density at radius 3 is 2.74 bits per heavy atom. The largest absolute Gasteiger partial charge is 0.454 e. The van der Waals surface area contributed by atoms with Crippen LogP contribution >= 0.6 is 0 Å². The molecule has 192 valence electrons. The predicted molar refractivity (Wildman–Crippen MR) is 134 cm³/mol. The Kier molecular flexibility index (Phi) is 6.96. The number of allylic oxidation sites excluding steroid dienone is 1. The minimum atomic E-state index is -0.920. The van der Waals surface area contributed by atoms with Crippen molar-refractivity contribution in [1.82, 2.24) is 10.6 Å². The Morgan fingerprint density at radius 1 is 1.11 bits per heavy atom. The monoisotopic (exact) mass is 513 g/mol. The first kappa shape index (κ1) is 24.8. The van der Waals surface area contributed by atoms with E-state index in [1.807, 2.05) is 18.2 Å². The molecule has 0 saturated carbocycles. The number of hydrogen-bond acceptors (Lipinski definition) is 6. The SMILES string of the molecule is CC(OC(=O)C1=C(CCc2ccc3c(c2)OCO3)NC(=O)NC1c1cccc(F)c1)c1cccc(C#N)c1. The lowest BCUT2D eigenvalue weighted by molar-refractivity contribution is -0.144. The Bertz CT molecular complexity index is 1480. The number of fused-ring (bicyclic) bond motifs is 1. The minimum absolute atomic E-state index is 0.159. The molecule has 2 aliphatic heterocycles. The van der Waals surface area contributed by atoms with Gasteiger partial charge in [0.05, 0.1) is 23.2 Å². The van der Waals surface area contributed by atoms with Gasteiger partial charge in [-0.15, -0.1) is 0 Å². The lowest BCUT2D eigenvalue weighted by atomic mass is 9.93. The highest BCUT2D eigenvalue weighted by Crippen LogP contribution is 2.35. The van der Waals surface area contributed by atoms with Gasteiger partial charge in [0, 0.05) is 5.70 Å². The van der Waals surface area contributed by atoms with Crippen LogP contribution in [0.3, 0.4) is 0 Å². The molecule has 38 heavy (non-hydrogen) atoms. The molecular weight excluding hydrogens is 489 g/mol. The molecule has 0 aromatic heterocycles. The zero-order valence-corrected chi connectivity index (χ0v) is 20.5. The van der Waals surface area contributed by atoms with Gasteiger partial charge < -0.3 is 24.8 Å². The molecule has 8 nitrogen and oxygen atoms in total. The molecule has 5 rings (SSSR count). The van der Waals surface area contributed by atoms with Crippen LogP contribution in [0.2, 0.25) is 0 Å². The van der Waals surface area contributed by atoms with E-state index in [-0.39, 0.29) is 12.4 Å². The fraction of sp³-hybridized carbons (Fsp3) is 0.207. The first-order valence-electron chi connectivity index (χ1n) is 12.1. The maximum Gasteiger partial charge on any atom is 0.338 e. The van der Waals surface area contributed by atoms with E-state index in [0.29, 0.717) is 46.7 Å². The summed E-state index contributed by atoms with van der Waals surface area (Å²) in [4.78, 5) is 26.2. The van der Waals surface area contributed by atoms with Crippen molar-refractivity contribution in [2.45, 2.75) is 31.9 Å². The highest BCUT2D eigenvalue weighted by atomic mass is 19.1. The number of amides is 2. The zero-order chi connectivity index (χ0) is 26.6. The van der Waals surface area contributed by atoms with Crippen molar-refractivity contribution in [1.29, 1.82) is 5.26 Å².